The van der Waals surface area contributed by atoms with Gasteiger partial charge >= 0.3 is 12.1 Å². The number of hydrogen-bond donors (Lipinski definition) is 3. The highest BCUT2D eigenvalue weighted by molar-refractivity contribution is 6.01. The van der Waals surface area contributed by atoms with Gasteiger partial charge in [0.2, 0.25) is 12.6 Å². The van der Waals surface area contributed by atoms with E-state index < -0.39 is 30.9 Å². The van der Waals surface area contributed by atoms with Gasteiger partial charge in [0.05, 0.1) is 23.1 Å². The Kier molecular flexibility index (Phi) is 9.81. The molecule has 2 atom stereocenters. The minimum atomic E-state index is -1.12. The molecule has 1 heterocycles. The van der Waals surface area contributed by atoms with E-state index in [-0.39, 0.29) is 6.10 Å². The normalized spacial score (nSPS) is 17.2. The fraction of sp³-hybridized carbons (Fsp3) is 0.394. The first-order valence-corrected chi connectivity index (χ1v) is 14.9. The van der Waals surface area contributed by atoms with E-state index in [0.717, 1.165) is 60.0 Å². The van der Waals surface area contributed by atoms with Crippen LogP contribution in [0.1, 0.15) is 73.6 Å². The maximum Gasteiger partial charge on any atom is 0.511 e. The van der Waals surface area contributed by atoms with Crippen LogP contribution in [-0.2, 0) is 25.5 Å². The highest BCUT2D eigenvalue weighted by Crippen LogP contribution is 2.40. The van der Waals surface area contributed by atoms with Gasteiger partial charge in [-0.3, -0.25) is 0 Å². The van der Waals surface area contributed by atoms with Crippen molar-refractivity contribution in [2.75, 3.05) is 16.8 Å². The Morgan fingerprint density at radius 2 is 1.70 bits per heavy atom. The molecule has 1 aliphatic heterocycles. The summed E-state index contributed by atoms with van der Waals surface area (Å²) < 4.78 is 22.2. The highest BCUT2D eigenvalue weighted by Gasteiger charge is 2.34. The molecule has 1 fully saturated rings. The maximum absolute atomic E-state index is 13.4. The number of benzene rings is 3. The minimum Gasteiger partial charge on any atom is -0.431 e. The van der Waals surface area contributed by atoms with E-state index in [1.54, 1.807) is 12.1 Å². The molecule has 5 rings (SSSR count). The number of hydrogen-bond acceptors (Lipinski definition) is 10. The van der Waals surface area contributed by atoms with E-state index >= 15 is 0 Å². The first-order valence-electron chi connectivity index (χ1n) is 14.9. The van der Waals surface area contributed by atoms with Gasteiger partial charge in [-0.1, -0.05) is 61.0 Å². The standard InChI is InChI=1S/C33H40N4O6/c1-3-40-32-36-28-15-9-14-27(31(38)41-21(2)42-33(39)43-24-10-5-4-6-11-24)29(28)37(32)20-22-16-18-23(19-17-22)25-12-7-8-13-26(25)30(34)35/h7-9,12-19,21,24,30,32,36H,3-6,10-11,20,34-35H2,1-2H3. The second kappa shape index (κ2) is 13.9. The lowest BCUT2D eigenvalue weighted by molar-refractivity contribution is -0.0914. The Bertz CT molecular complexity index is 1410. The van der Waals surface area contributed by atoms with E-state index in [2.05, 4.69) is 5.32 Å². The SMILES string of the molecule is CCOC1Nc2cccc(C(=O)OC(C)OC(=O)OC3CCCCC3)c2N1Cc1ccc(-c2ccccc2C(N)N)cc1. The van der Waals surface area contributed by atoms with Gasteiger partial charge in [0.25, 0.3) is 0 Å². The Morgan fingerprint density at radius 1 is 0.953 bits per heavy atom. The molecule has 0 bridgehead atoms. The Hall–Kier alpha value is -4.12. The monoisotopic (exact) mass is 588 g/mol. The Labute approximate surface area is 252 Å². The number of carbonyl (C=O) groups is 2. The van der Waals surface area contributed by atoms with Gasteiger partial charge in [0, 0.05) is 20.1 Å². The first kappa shape index (κ1) is 30.3. The second-order valence-corrected chi connectivity index (χ2v) is 10.8. The van der Waals surface area contributed by atoms with E-state index in [1.165, 1.54) is 6.92 Å². The smallest absolute Gasteiger partial charge is 0.431 e. The van der Waals surface area contributed by atoms with Crippen LogP contribution in [0.3, 0.4) is 0 Å². The first-order chi connectivity index (χ1) is 20.8. The second-order valence-electron chi connectivity index (χ2n) is 10.8. The van der Waals surface area contributed by atoms with Gasteiger partial charge in [-0.05, 0) is 67.0 Å². The number of rotatable bonds is 10. The molecule has 10 nitrogen and oxygen atoms in total. The maximum atomic E-state index is 13.4. The van der Waals surface area contributed by atoms with Crippen LogP contribution in [0.2, 0.25) is 0 Å². The molecule has 0 amide bonds. The third-order valence-corrected chi connectivity index (χ3v) is 7.72. The van der Waals surface area contributed by atoms with Crippen LogP contribution in [0.15, 0.2) is 66.7 Å². The molecule has 2 unspecified atom stereocenters. The lowest BCUT2D eigenvalue weighted by Crippen LogP contribution is -2.38. The molecule has 2 aliphatic rings. The van der Waals surface area contributed by atoms with Gasteiger partial charge in [-0.15, -0.1) is 0 Å². The van der Waals surface area contributed by atoms with E-state index in [1.807, 2.05) is 66.4 Å². The summed E-state index contributed by atoms with van der Waals surface area (Å²) in [4.78, 5) is 27.6. The molecule has 43 heavy (non-hydrogen) atoms. The van der Waals surface area contributed by atoms with Crippen LogP contribution in [0.25, 0.3) is 11.1 Å². The molecule has 3 aromatic rings. The predicted octanol–water partition coefficient (Wildman–Crippen LogP) is 6.01. The molecular weight excluding hydrogens is 548 g/mol. The van der Waals surface area contributed by atoms with Crippen LogP contribution in [0.5, 0.6) is 0 Å². The lowest BCUT2D eigenvalue weighted by Gasteiger charge is -2.27. The summed E-state index contributed by atoms with van der Waals surface area (Å²) in [5.74, 6) is -0.621. The number of nitrogens with two attached hydrogens (primary N) is 2. The molecule has 0 saturated heterocycles. The minimum absolute atomic E-state index is 0.154. The Morgan fingerprint density at radius 3 is 2.42 bits per heavy atom. The number of para-hydroxylation sites is 1. The molecular formula is C33H40N4O6. The van der Waals surface area contributed by atoms with Gasteiger partial charge in [0.1, 0.15) is 6.10 Å². The third-order valence-electron chi connectivity index (χ3n) is 7.72. The summed E-state index contributed by atoms with van der Waals surface area (Å²) in [7, 11) is 0. The molecule has 0 spiro atoms. The van der Waals surface area contributed by atoms with Crippen molar-refractivity contribution >= 4 is 23.5 Å². The summed E-state index contributed by atoms with van der Waals surface area (Å²) in [6.07, 6.45) is 1.65. The third kappa shape index (κ3) is 7.27. The molecule has 0 radical (unpaired) electrons. The molecule has 10 heteroatoms. The summed E-state index contributed by atoms with van der Waals surface area (Å²) in [6, 6.07) is 21.3. The molecule has 228 valence electrons. The summed E-state index contributed by atoms with van der Waals surface area (Å²) >= 11 is 0. The number of anilines is 2. The zero-order valence-corrected chi connectivity index (χ0v) is 24.7. The fourth-order valence-corrected chi connectivity index (χ4v) is 5.67. The van der Waals surface area contributed by atoms with Crippen molar-refractivity contribution in [3.05, 3.63) is 83.4 Å². The topological polar surface area (TPSA) is 138 Å². The number of nitrogens with one attached hydrogen (secondary N) is 1. The van der Waals surface area contributed by atoms with Crippen LogP contribution >= 0.6 is 0 Å². The average molecular weight is 589 g/mol. The van der Waals surface area contributed by atoms with Crippen molar-refractivity contribution in [2.24, 2.45) is 11.5 Å². The number of esters is 1. The number of carbonyl (C=O) groups excluding carboxylic acids is 2. The lowest BCUT2D eigenvalue weighted by atomic mass is 9.97. The number of ether oxygens (including phenoxy) is 4. The zero-order valence-electron chi connectivity index (χ0n) is 24.7. The molecule has 1 saturated carbocycles. The van der Waals surface area contributed by atoms with Crippen molar-refractivity contribution in [2.45, 2.75) is 77.4 Å². The largest absolute Gasteiger partial charge is 0.511 e. The van der Waals surface area contributed by atoms with E-state index in [4.69, 9.17) is 30.4 Å². The summed E-state index contributed by atoms with van der Waals surface area (Å²) in [5, 5.41) is 3.35. The van der Waals surface area contributed by atoms with Crippen molar-refractivity contribution in [3.8, 4) is 11.1 Å². The number of nitrogens with zero attached hydrogens (tertiary/aromatic N) is 1. The quantitative estimate of drug-likeness (QED) is 0.191. The molecule has 5 N–H and O–H groups in total. The van der Waals surface area contributed by atoms with Crippen molar-refractivity contribution in [3.63, 3.8) is 0 Å². The highest BCUT2D eigenvalue weighted by atomic mass is 16.8. The summed E-state index contributed by atoms with van der Waals surface area (Å²) in [6.45, 7) is 4.33. The number of fused-ring (bicyclic) bond motifs is 1. The molecule has 3 aromatic carbocycles. The molecule has 1 aliphatic carbocycles. The van der Waals surface area contributed by atoms with Gasteiger partial charge in [0.15, 0.2) is 0 Å². The Balaban J connectivity index is 1.31. The average Bonchev–Trinajstić information content (AvgIpc) is 3.34. The van der Waals surface area contributed by atoms with Crippen LogP contribution in [-0.4, -0.2) is 37.5 Å². The van der Waals surface area contributed by atoms with Crippen molar-refractivity contribution in [1.29, 1.82) is 0 Å². The van der Waals surface area contributed by atoms with Gasteiger partial charge < -0.3 is 40.6 Å². The van der Waals surface area contributed by atoms with Gasteiger partial charge in [-0.2, -0.15) is 0 Å². The van der Waals surface area contributed by atoms with E-state index in [9.17, 15) is 9.59 Å². The van der Waals surface area contributed by atoms with Crippen LogP contribution < -0.4 is 21.7 Å². The summed E-state index contributed by atoms with van der Waals surface area (Å²) in [5.41, 5.74) is 17.5. The van der Waals surface area contributed by atoms with E-state index in [0.29, 0.717) is 24.4 Å². The fourth-order valence-electron chi connectivity index (χ4n) is 5.67. The predicted molar refractivity (Wildman–Crippen MR) is 164 cm³/mol. The molecule has 0 aromatic heterocycles. The van der Waals surface area contributed by atoms with Gasteiger partial charge in [-0.25, -0.2) is 9.59 Å². The van der Waals surface area contributed by atoms with Crippen molar-refractivity contribution < 1.29 is 28.5 Å². The van der Waals surface area contributed by atoms with Crippen LogP contribution in [0, 0.1) is 0 Å². The zero-order chi connectivity index (χ0) is 30.3. The van der Waals surface area contributed by atoms with Crippen molar-refractivity contribution in [1.82, 2.24) is 0 Å². The van der Waals surface area contributed by atoms with Crippen LogP contribution in [0.4, 0.5) is 16.2 Å².